The van der Waals surface area contributed by atoms with Gasteiger partial charge in [-0.05, 0) is 39.3 Å². The number of hydrogen-bond acceptors (Lipinski definition) is 4. The van der Waals surface area contributed by atoms with Crippen molar-refractivity contribution in [2.24, 2.45) is 10.9 Å². The van der Waals surface area contributed by atoms with Gasteiger partial charge in [-0.25, -0.2) is 0 Å². The van der Waals surface area contributed by atoms with Gasteiger partial charge in [0.2, 0.25) is 0 Å². The molecular formula is C13H21N3O2S. The van der Waals surface area contributed by atoms with Gasteiger partial charge in [0.25, 0.3) is 0 Å². The zero-order chi connectivity index (χ0) is 14.6. The van der Waals surface area contributed by atoms with Crippen LogP contribution in [0.4, 0.5) is 0 Å². The van der Waals surface area contributed by atoms with Crippen molar-refractivity contribution in [3.8, 4) is 0 Å². The Balaban J connectivity index is 2.86. The lowest BCUT2D eigenvalue weighted by Gasteiger charge is -2.26. The average molecular weight is 283 g/mol. The Kier molecular flexibility index (Phi) is 5.22. The van der Waals surface area contributed by atoms with E-state index in [0.717, 1.165) is 5.56 Å². The van der Waals surface area contributed by atoms with Gasteiger partial charge in [0.05, 0.1) is 6.04 Å². The predicted molar refractivity (Wildman–Crippen MR) is 78.4 cm³/mol. The second-order valence-corrected chi connectivity index (χ2v) is 7.33. The highest BCUT2D eigenvalue weighted by atomic mass is 32.2. The lowest BCUT2D eigenvalue weighted by Crippen LogP contribution is -2.40. The van der Waals surface area contributed by atoms with Crippen molar-refractivity contribution in [2.45, 2.75) is 38.5 Å². The van der Waals surface area contributed by atoms with Gasteiger partial charge in [0, 0.05) is 16.9 Å². The van der Waals surface area contributed by atoms with Crippen LogP contribution < -0.4 is 10.5 Å². The summed E-state index contributed by atoms with van der Waals surface area (Å²) in [5, 5.41) is 11.6. The normalized spacial score (nSPS) is 16.2. The third kappa shape index (κ3) is 4.41. The number of nitrogens with zero attached hydrogens (tertiary/aromatic N) is 1. The summed E-state index contributed by atoms with van der Waals surface area (Å²) in [6.45, 7) is 7.66. The maximum absolute atomic E-state index is 12.0. The fourth-order valence-electron chi connectivity index (χ4n) is 1.43. The minimum atomic E-state index is -1.15. The predicted octanol–water partition coefficient (Wildman–Crippen LogP) is 1.89. The molecule has 0 spiro atoms. The molecule has 106 valence electrons. The number of oxime groups is 1. The molecule has 0 bridgehead atoms. The summed E-state index contributed by atoms with van der Waals surface area (Å²) in [4.78, 5) is 0. The van der Waals surface area contributed by atoms with Crippen LogP contribution in [0.5, 0.6) is 0 Å². The highest BCUT2D eigenvalue weighted by Gasteiger charge is 2.28. The summed E-state index contributed by atoms with van der Waals surface area (Å²) in [6.07, 6.45) is 0. The number of hydrogen-bond donors (Lipinski definition) is 3. The van der Waals surface area contributed by atoms with E-state index < -0.39 is 11.4 Å². The molecular weight excluding hydrogens is 262 g/mol. The van der Waals surface area contributed by atoms with E-state index in [-0.39, 0.29) is 16.6 Å². The van der Waals surface area contributed by atoms with Crippen molar-refractivity contribution in [1.82, 2.24) is 4.72 Å². The molecule has 0 heterocycles. The van der Waals surface area contributed by atoms with E-state index >= 15 is 0 Å². The lowest BCUT2D eigenvalue weighted by atomic mass is 10.1. The van der Waals surface area contributed by atoms with Crippen molar-refractivity contribution in [2.75, 3.05) is 0 Å². The second kappa shape index (κ2) is 6.27. The first-order chi connectivity index (χ1) is 8.75. The molecule has 0 saturated heterocycles. The van der Waals surface area contributed by atoms with Crippen LogP contribution in [-0.4, -0.2) is 20.3 Å². The topological polar surface area (TPSA) is 93.7 Å². The van der Waals surface area contributed by atoms with Crippen molar-refractivity contribution < 1.29 is 9.76 Å². The molecule has 0 amide bonds. The van der Waals surface area contributed by atoms with Crippen molar-refractivity contribution in [3.05, 3.63) is 35.4 Å². The molecule has 0 saturated carbocycles. The third-order valence-corrected chi connectivity index (χ3v) is 4.31. The Hall–Kier alpha value is -1.24. The fourth-order valence-corrected chi connectivity index (χ4v) is 2.24. The molecule has 1 aromatic carbocycles. The molecule has 0 aliphatic carbocycles. The Bertz CT molecular complexity index is 457. The van der Waals surface area contributed by atoms with Gasteiger partial charge in [-0.1, -0.05) is 23.4 Å². The molecule has 6 heteroatoms. The maximum atomic E-state index is 12.0. The molecule has 19 heavy (non-hydrogen) atoms. The largest absolute Gasteiger partial charge is 0.598 e. The molecule has 1 rings (SSSR count). The van der Waals surface area contributed by atoms with Crippen molar-refractivity contribution in [3.63, 3.8) is 0 Å². The van der Waals surface area contributed by atoms with Crippen LogP contribution >= 0.6 is 0 Å². The molecule has 0 fully saturated rings. The Morgan fingerprint density at radius 1 is 1.47 bits per heavy atom. The van der Waals surface area contributed by atoms with Crippen LogP contribution in [0.2, 0.25) is 0 Å². The van der Waals surface area contributed by atoms with E-state index in [1.54, 1.807) is 6.07 Å². The second-order valence-electron chi connectivity index (χ2n) is 5.33. The molecule has 5 nitrogen and oxygen atoms in total. The number of nitrogens with one attached hydrogen (secondary N) is 1. The molecule has 4 N–H and O–H groups in total. The van der Waals surface area contributed by atoms with Crippen molar-refractivity contribution >= 4 is 17.2 Å². The standard InChI is InChI=1S/C13H21N3O2S/c1-9(16-19(18)13(2,3)4)10-6-5-7-11(8-10)12(14)15-17/h5-9,16-17H,1-4H3,(H2,14,15)/t9-,19+/m0/s1. The molecule has 0 aromatic heterocycles. The third-order valence-electron chi connectivity index (χ3n) is 2.63. The van der Waals surface area contributed by atoms with Gasteiger partial charge in [-0.2, -0.15) is 0 Å². The summed E-state index contributed by atoms with van der Waals surface area (Å²) in [6, 6.07) is 7.21. The number of amidine groups is 1. The smallest absolute Gasteiger partial charge is 0.170 e. The summed E-state index contributed by atoms with van der Waals surface area (Å²) in [5.41, 5.74) is 7.12. The number of benzene rings is 1. The van der Waals surface area contributed by atoms with Crippen LogP contribution in [0.3, 0.4) is 0 Å². The zero-order valence-corrected chi connectivity index (χ0v) is 12.5. The fraction of sp³-hybridized carbons (Fsp3) is 0.462. The zero-order valence-electron chi connectivity index (χ0n) is 11.7. The van der Waals surface area contributed by atoms with Gasteiger partial charge in [-0.3, -0.25) is 0 Å². The Morgan fingerprint density at radius 2 is 2.11 bits per heavy atom. The first kappa shape index (κ1) is 15.8. The summed E-state index contributed by atoms with van der Waals surface area (Å²) < 4.78 is 14.8. The van der Waals surface area contributed by atoms with Crippen LogP contribution in [0.1, 0.15) is 44.9 Å². The molecule has 2 atom stereocenters. The summed E-state index contributed by atoms with van der Waals surface area (Å²) >= 11 is -1.15. The number of rotatable bonds is 4. The molecule has 0 unspecified atom stereocenters. The SMILES string of the molecule is C[C@H](N[S@+]([O-])C(C)(C)C)c1cccc(/C(N)=N/O)c1. The van der Waals surface area contributed by atoms with E-state index in [4.69, 9.17) is 10.9 Å². The van der Waals surface area contributed by atoms with Gasteiger partial charge < -0.3 is 15.5 Å². The lowest BCUT2D eigenvalue weighted by molar-refractivity contribution is 0.318. The average Bonchev–Trinajstić information content (AvgIpc) is 2.36. The summed E-state index contributed by atoms with van der Waals surface area (Å²) in [7, 11) is 0. The highest BCUT2D eigenvalue weighted by molar-refractivity contribution is 7.90. The van der Waals surface area contributed by atoms with Crippen LogP contribution in [0, 0.1) is 0 Å². The maximum Gasteiger partial charge on any atom is 0.170 e. The van der Waals surface area contributed by atoms with E-state index in [1.165, 1.54) is 0 Å². The van der Waals surface area contributed by atoms with Gasteiger partial charge in [0.15, 0.2) is 5.84 Å². The van der Waals surface area contributed by atoms with E-state index in [0.29, 0.717) is 5.56 Å². The monoisotopic (exact) mass is 283 g/mol. The molecule has 0 aliphatic rings. The quantitative estimate of drug-likeness (QED) is 0.259. The molecule has 1 aromatic rings. The van der Waals surface area contributed by atoms with Crippen LogP contribution in [-0.2, 0) is 11.4 Å². The van der Waals surface area contributed by atoms with Gasteiger partial charge >= 0.3 is 0 Å². The highest BCUT2D eigenvalue weighted by Crippen LogP contribution is 2.20. The molecule has 0 aliphatic heterocycles. The van der Waals surface area contributed by atoms with Crippen molar-refractivity contribution in [1.29, 1.82) is 0 Å². The molecule has 0 radical (unpaired) electrons. The minimum absolute atomic E-state index is 0.0611. The Morgan fingerprint density at radius 3 is 2.63 bits per heavy atom. The first-order valence-electron chi connectivity index (χ1n) is 6.01. The minimum Gasteiger partial charge on any atom is -0.598 e. The van der Waals surface area contributed by atoms with Gasteiger partial charge in [-0.15, -0.1) is 4.72 Å². The van der Waals surface area contributed by atoms with E-state index in [1.807, 2.05) is 45.9 Å². The number of nitrogens with two attached hydrogens (primary N) is 1. The van der Waals surface area contributed by atoms with E-state index in [9.17, 15) is 4.55 Å². The summed E-state index contributed by atoms with van der Waals surface area (Å²) in [5.74, 6) is 0.0611. The first-order valence-corrected chi connectivity index (χ1v) is 7.16. The Labute approximate surface area is 117 Å². The van der Waals surface area contributed by atoms with Crippen LogP contribution in [0.15, 0.2) is 29.4 Å². The van der Waals surface area contributed by atoms with E-state index in [2.05, 4.69) is 9.88 Å². The van der Waals surface area contributed by atoms with Gasteiger partial charge in [0.1, 0.15) is 4.75 Å². The van der Waals surface area contributed by atoms with Crippen LogP contribution in [0.25, 0.3) is 0 Å².